The maximum absolute atomic E-state index is 12.5. The van der Waals surface area contributed by atoms with Crippen LogP contribution in [-0.2, 0) is 16.1 Å². The maximum atomic E-state index is 12.5. The molecule has 126 valence electrons. The van der Waals surface area contributed by atoms with Gasteiger partial charge in [0.1, 0.15) is 0 Å². The number of ether oxygens (including phenoxy) is 1. The smallest absolute Gasteiger partial charge is 0.252 e. The van der Waals surface area contributed by atoms with Crippen molar-refractivity contribution in [3.63, 3.8) is 0 Å². The molecule has 0 aliphatic carbocycles. The van der Waals surface area contributed by atoms with E-state index in [1.54, 1.807) is 17.6 Å². The van der Waals surface area contributed by atoms with Gasteiger partial charge in [0, 0.05) is 31.1 Å². The summed E-state index contributed by atoms with van der Waals surface area (Å²) in [5.74, 6) is 0.732. The van der Waals surface area contributed by atoms with Crippen LogP contribution in [0.4, 0.5) is 0 Å². The van der Waals surface area contributed by atoms with Gasteiger partial charge in [-0.05, 0) is 39.2 Å². The van der Waals surface area contributed by atoms with E-state index in [0.717, 1.165) is 63.3 Å². The van der Waals surface area contributed by atoms with E-state index in [1.165, 1.54) is 4.88 Å². The van der Waals surface area contributed by atoms with Crippen LogP contribution < -0.4 is 0 Å². The maximum Gasteiger partial charge on any atom is 0.252 e. The van der Waals surface area contributed by atoms with Gasteiger partial charge in [-0.25, -0.2) is 4.98 Å². The normalized spacial score (nSPS) is 21.4. The molecule has 2 aliphatic heterocycles. The van der Waals surface area contributed by atoms with Gasteiger partial charge in [0.2, 0.25) is 0 Å². The largest absolute Gasteiger partial charge is 0.501 e. The summed E-state index contributed by atoms with van der Waals surface area (Å²) in [5, 5.41) is 0. The van der Waals surface area contributed by atoms with Gasteiger partial charge in [0.05, 0.1) is 29.6 Å². The number of nitrogens with zero attached hydrogens (tertiary/aromatic N) is 3. The van der Waals surface area contributed by atoms with Crippen molar-refractivity contribution in [1.82, 2.24) is 14.8 Å². The van der Waals surface area contributed by atoms with Gasteiger partial charge >= 0.3 is 0 Å². The van der Waals surface area contributed by atoms with Gasteiger partial charge < -0.3 is 14.5 Å². The van der Waals surface area contributed by atoms with Crippen LogP contribution in [0.15, 0.2) is 17.3 Å². The average molecular weight is 335 g/mol. The Balaban J connectivity index is 1.48. The Morgan fingerprint density at radius 1 is 1.57 bits per heavy atom. The molecule has 5 nitrogen and oxygen atoms in total. The number of carbonyl (C=O) groups excluding carboxylic acids is 1. The molecular weight excluding hydrogens is 310 g/mol. The molecule has 0 N–H and O–H groups in total. The van der Waals surface area contributed by atoms with Crippen molar-refractivity contribution in [3.05, 3.63) is 27.9 Å². The summed E-state index contributed by atoms with van der Waals surface area (Å²) in [5.41, 5.74) is 3.88. The highest BCUT2D eigenvalue weighted by Crippen LogP contribution is 2.23. The summed E-state index contributed by atoms with van der Waals surface area (Å²) < 4.78 is 5.30. The van der Waals surface area contributed by atoms with E-state index >= 15 is 0 Å². The zero-order valence-corrected chi connectivity index (χ0v) is 14.8. The second kappa shape index (κ2) is 7.45. The molecule has 23 heavy (non-hydrogen) atoms. The molecule has 0 unspecified atom stereocenters. The Morgan fingerprint density at radius 2 is 2.43 bits per heavy atom. The molecule has 1 amide bonds. The van der Waals surface area contributed by atoms with E-state index in [0.29, 0.717) is 5.92 Å². The third-order valence-corrected chi connectivity index (χ3v) is 5.53. The molecule has 1 aromatic heterocycles. The average Bonchev–Trinajstić information content (AvgIpc) is 3.17. The van der Waals surface area contributed by atoms with Crippen LogP contribution in [0.2, 0.25) is 0 Å². The summed E-state index contributed by atoms with van der Waals surface area (Å²) in [4.78, 5) is 22.5. The first-order chi connectivity index (χ1) is 11.1. The first-order valence-electron chi connectivity index (χ1n) is 8.31. The molecule has 0 aromatic carbocycles. The van der Waals surface area contributed by atoms with E-state index < -0.39 is 0 Å². The lowest BCUT2D eigenvalue weighted by Crippen LogP contribution is -2.33. The van der Waals surface area contributed by atoms with E-state index in [4.69, 9.17) is 4.74 Å². The van der Waals surface area contributed by atoms with Crippen LogP contribution in [0, 0.1) is 12.8 Å². The first kappa shape index (κ1) is 16.5. The van der Waals surface area contributed by atoms with Gasteiger partial charge in [-0.15, -0.1) is 11.3 Å². The predicted molar refractivity (Wildman–Crippen MR) is 91.1 cm³/mol. The third-order valence-electron chi connectivity index (χ3n) is 4.61. The fourth-order valence-electron chi connectivity index (χ4n) is 3.32. The van der Waals surface area contributed by atoms with Crippen LogP contribution in [0.25, 0.3) is 0 Å². The van der Waals surface area contributed by atoms with Crippen molar-refractivity contribution in [3.8, 4) is 0 Å². The highest BCUT2D eigenvalue weighted by Gasteiger charge is 2.29. The Hall–Kier alpha value is -1.40. The molecular formula is C17H25N3O2S. The fourth-order valence-corrected chi connectivity index (χ4v) is 4.18. The Morgan fingerprint density at radius 3 is 3.13 bits per heavy atom. The quantitative estimate of drug-likeness (QED) is 0.829. The molecule has 0 radical (unpaired) electrons. The molecule has 3 heterocycles. The number of thiazole rings is 1. The number of hydrogen-bond donors (Lipinski definition) is 0. The fraction of sp³-hybridized carbons (Fsp3) is 0.647. The highest BCUT2D eigenvalue weighted by atomic mass is 32.1. The third kappa shape index (κ3) is 4.12. The minimum Gasteiger partial charge on any atom is -0.501 e. The number of rotatable bonds is 5. The number of aryl methyl sites for hydroxylation is 1. The van der Waals surface area contributed by atoms with Crippen molar-refractivity contribution in [2.24, 2.45) is 5.92 Å². The molecule has 2 aliphatic rings. The first-order valence-corrected chi connectivity index (χ1v) is 9.19. The Kier molecular flexibility index (Phi) is 5.33. The van der Waals surface area contributed by atoms with Crippen LogP contribution in [0.5, 0.6) is 0 Å². The zero-order chi connectivity index (χ0) is 16.2. The summed E-state index contributed by atoms with van der Waals surface area (Å²) >= 11 is 1.72. The minimum atomic E-state index is 0.174. The standard InChI is InChI=1S/C17H25N3O2S/c1-13-16(23-12-18-13)10-19(2)8-14-5-6-20(9-14)17(21)15-4-3-7-22-11-15/h11-12,14H,3-10H2,1-2H3/t14-/m0/s1. The molecule has 3 rings (SSSR count). The predicted octanol–water partition coefficient (Wildman–Crippen LogP) is 2.43. The molecule has 0 bridgehead atoms. The molecule has 1 atom stereocenters. The Bertz CT molecular complexity index is 584. The molecule has 1 saturated heterocycles. The van der Waals surface area contributed by atoms with Crippen molar-refractivity contribution in [2.75, 3.05) is 33.3 Å². The molecule has 0 saturated carbocycles. The van der Waals surface area contributed by atoms with Crippen molar-refractivity contribution < 1.29 is 9.53 Å². The molecule has 0 spiro atoms. The molecule has 1 fully saturated rings. The lowest BCUT2D eigenvalue weighted by Gasteiger charge is -2.22. The number of aromatic nitrogens is 1. The monoisotopic (exact) mass is 335 g/mol. The lowest BCUT2D eigenvalue weighted by atomic mass is 10.1. The SMILES string of the molecule is Cc1ncsc1CN(C)C[C@@H]1CCN(C(=O)C2=COCCC2)C1. The molecule has 6 heteroatoms. The zero-order valence-electron chi connectivity index (χ0n) is 14.0. The second-order valence-electron chi connectivity index (χ2n) is 6.58. The van der Waals surface area contributed by atoms with E-state index in [-0.39, 0.29) is 5.91 Å². The van der Waals surface area contributed by atoms with Crippen molar-refractivity contribution >= 4 is 17.2 Å². The Labute approximate surface area is 141 Å². The van der Waals surface area contributed by atoms with Gasteiger partial charge in [-0.1, -0.05) is 0 Å². The van der Waals surface area contributed by atoms with Gasteiger partial charge in [0.15, 0.2) is 0 Å². The van der Waals surface area contributed by atoms with Crippen LogP contribution in [-0.4, -0.2) is 54.0 Å². The van der Waals surface area contributed by atoms with Crippen LogP contribution in [0.1, 0.15) is 29.8 Å². The summed E-state index contributed by atoms with van der Waals surface area (Å²) in [6.07, 6.45) is 4.56. The topological polar surface area (TPSA) is 45.7 Å². The summed E-state index contributed by atoms with van der Waals surface area (Å²) in [6, 6.07) is 0. The number of likely N-dealkylation sites (tertiary alicyclic amines) is 1. The second-order valence-corrected chi connectivity index (χ2v) is 7.52. The van der Waals surface area contributed by atoms with Gasteiger partial charge in [-0.2, -0.15) is 0 Å². The molecule has 1 aromatic rings. The lowest BCUT2D eigenvalue weighted by molar-refractivity contribution is -0.126. The van der Waals surface area contributed by atoms with E-state index in [9.17, 15) is 4.79 Å². The van der Waals surface area contributed by atoms with Gasteiger partial charge in [-0.3, -0.25) is 4.79 Å². The summed E-state index contributed by atoms with van der Waals surface area (Å²) in [6.45, 7) is 6.50. The number of carbonyl (C=O) groups is 1. The van der Waals surface area contributed by atoms with E-state index in [1.807, 2.05) is 10.4 Å². The number of hydrogen-bond acceptors (Lipinski definition) is 5. The van der Waals surface area contributed by atoms with E-state index in [2.05, 4.69) is 23.9 Å². The summed E-state index contributed by atoms with van der Waals surface area (Å²) in [7, 11) is 2.15. The van der Waals surface area contributed by atoms with Crippen LogP contribution >= 0.6 is 11.3 Å². The van der Waals surface area contributed by atoms with Gasteiger partial charge in [0.25, 0.3) is 5.91 Å². The van der Waals surface area contributed by atoms with Crippen LogP contribution in [0.3, 0.4) is 0 Å². The number of amides is 1. The van der Waals surface area contributed by atoms with Crippen molar-refractivity contribution in [2.45, 2.75) is 32.7 Å². The highest BCUT2D eigenvalue weighted by molar-refractivity contribution is 7.09. The minimum absolute atomic E-state index is 0.174. The van der Waals surface area contributed by atoms with Crippen molar-refractivity contribution in [1.29, 1.82) is 0 Å².